The van der Waals surface area contributed by atoms with Gasteiger partial charge in [-0.2, -0.15) is 0 Å². The number of nitrogens with zero attached hydrogens (tertiary/aromatic N) is 3. The van der Waals surface area contributed by atoms with E-state index in [9.17, 15) is 0 Å². The van der Waals surface area contributed by atoms with Crippen molar-refractivity contribution in [1.82, 2.24) is 15.0 Å². The van der Waals surface area contributed by atoms with Crippen LogP contribution >= 0.6 is 11.3 Å². The lowest BCUT2D eigenvalue weighted by Gasteiger charge is -2.12. The molecule has 0 atom stereocenters. The first kappa shape index (κ1) is 26.3. The topological polar surface area (TPSA) is 38.7 Å². The van der Waals surface area contributed by atoms with Crippen LogP contribution in [-0.4, -0.2) is 15.0 Å². The van der Waals surface area contributed by atoms with Gasteiger partial charge in [0.15, 0.2) is 17.5 Å². The number of rotatable bonds is 3. The minimum atomic E-state index is 0.664. The maximum atomic E-state index is 5.18. The zero-order valence-corrected chi connectivity index (χ0v) is 26.0. The van der Waals surface area contributed by atoms with Crippen LogP contribution in [0.5, 0.6) is 0 Å². The van der Waals surface area contributed by atoms with Crippen LogP contribution in [0.1, 0.15) is 0 Å². The fourth-order valence-electron chi connectivity index (χ4n) is 7.04. The molecule has 0 aliphatic rings. The molecule has 47 heavy (non-hydrogen) atoms. The van der Waals surface area contributed by atoms with E-state index in [1.54, 1.807) is 11.3 Å². The Hall–Kier alpha value is -5.97. The van der Waals surface area contributed by atoms with Gasteiger partial charge in [0.2, 0.25) is 0 Å². The van der Waals surface area contributed by atoms with Gasteiger partial charge in [0.1, 0.15) is 0 Å². The van der Waals surface area contributed by atoms with E-state index < -0.39 is 0 Å². The fourth-order valence-corrected chi connectivity index (χ4v) is 8.25. The molecule has 3 nitrogen and oxygen atoms in total. The zero-order valence-electron chi connectivity index (χ0n) is 25.2. The van der Waals surface area contributed by atoms with E-state index in [0.717, 1.165) is 16.7 Å². The lowest BCUT2D eigenvalue weighted by molar-refractivity contribution is 1.08. The number of aromatic nitrogens is 3. The summed E-state index contributed by atoms with van der Waals surface area (Å²) in [4.78, 5) is 15.3. The minimum Gasteiger partial charge on any atom is -0.208 e. The predicted octanol–water partition coefficient (Wildman–Crippen LogP) is 11.9. The summed E-state index contributed by atoms with van der Waals surface area (Å²) in [7, 11) is 0. The first-order valence-corrected chi connectivity index (χ1v) is 16.6. The molecule has 0 aliphatic carbocycles. The maximum absolute atomic E-state index is 5.18. The third-order valence-electron chi connectivity index (χ3n) is 9.31. The summed E-state index contributed by atoms with van der Waals surface area (Å²) in [5.41, 5.74) is 2.95. The highest BCUT2D eigenvalue weighted by Gasteiger charge is 2.17. The summed E-state index contributed by atoms with van der Waals surface area (Å²) in [6.07, 6.45) is 0. The van der Waals surface area contributed by atoms with Crippen molar-refractivity contribution < 1.29 is 0 Å². The molecule has 0 N–H and O–H groups in total. The van der Waals surface area contributed by atoms with Gasteiger partial charge in [0.05, 0.1) is 0 Å². The van der Waals surface area contributed by atoms with Crippen molar-refractivity contribution in [3.63, 3.8) is 0 Å². The Bertz CT molecular complexity index is 2850. The van der Waals surface area contributed by atoms with Crippen LogP contribution < -0.4 is 0 Å². The molecule has 10 aromatic rings. The van der Waals surface area contributed by atoms with Crippen molar-refractivity contribution in [3.8, 4) is 34.2 Å². The van der Waals surface area contributed by atoms with Crippen molar-refractivity contribution in [2.75, 3.05) is 0 Å². The molecule has 0 radical (unpaired) electrons. The van der Waals surface area contributed by atoms with Gasteiger partial charge in [-0.1, -0.05) is 133 Å². The van der Waals surface area contributed by atoms with Crippen LogP contribution in [0.4, 0.5) is 0 Å². The SMILES string of the molecule is c1ccc(-c2nc(-c3ccc4ccc5c(ccc6c7ccccc7ccc65)c4c3)nc(-c3cccc4c3sc3ccccc34)n2)cc1. The standard InChI is InChI=1S/C43H25N3S/c1-2-10-28(11-3-1)41-44-42(46-43(45-41)37-15-8-14-36-35-13-6-7-16-39(35)47-40(36)37)29-18-17-27-20-22-33-32-21-19-26-9-4-5-12-30(26)31(32)23-24-34(33)38(27)25-29/h1-25H. The second-order valence-electron chi connectivity index (χ2n) is 12.0. The molecule has 10 rings (SSSR count). The van der Waals surface area contributed by atoms with Crippen molar-refractivity contribution in [2.45, 2.75) is 0 Å². The molecule has 0 amide bonds. The Kier molecular flexibility index (Phi) is 5.74. The largest absolute Gasteiger partial charge is 0.208 e. The van der Waals surface area contributed by atoms with E-state index in [1.165, 1.54) is 63.3 Å². The van der Waals surface area contributed by atoms with E-state index in [2.05, 4.69) is 133 Å². The van der Waals surface area contributed by atoms with Crippen molar-refractivity contribution in [1.29, 1.82) is 0 Å². The molecule has 2 heterocycles. The Morgan fingerprint density at radius 1 is 0.340 bits per heavy atom. The van der Waals surface area contributed by atoms with Gasteiger partial charge in [-0.05, 0) is 61.3 Å². The number of hydrogen-bond acceptors (Lipinski definition) is 4. The minimum absolute atomic E-state index is 0.664. The van der Waals surface area contributed by atoms with Crippen molar-refractivity contribution in [2.24, 2.45) is 0 Å². The normalized spacial score (nSPS) is 11.8. The van der Waals surface area contributed by atoms with Crippen LogP contribution in [0, 0.1) is 0 Å². The van der Waals surface area contributed by atoms with Crippen LogP contribution in [0.3, 0.4) is 0 Å². The molecule has 0 fully saturated rings. The Balaban J connectivity index is 1.21. The first-order chi connectivity index (χ1) is 23.3. The van der Waals surface area contributed by atoms with E-state index in [4.69, 9.17) is 15.0 Å². The van der Waals surface area contributed by atoms with Gasteiger partial charge < -0.3 is 0 Å². The summed E-state index contributed by atoms with van der Waals surface area (Å²) < 4.78 is 2.45. The Labute approximate surface area is 274 Å². The molecule has 0 bridgehead atoms. The maximum Gasteiger partial charge on any atom is 0.165 e. The quantitative estimate of drug-likeness (QED) is 0.186. The van der Waals surface area contributed by atoms with E-state index in [-0.39, 0.29) is 0 Å². The highest BCUT2D eigenvalue weighted by Crippen LogP contribution is 2.40. The van der Waals surface area contributed by atoms with Gasteiger partial charge in [-0.15, -0.1) is 11.3 Å². The van der Waals surface area contributed by atoms with Crippen molar-refractivity contribution >= 4 is 74.6 Å². The molecular weight excluding hydrogens is 591 g/mol. The lowest BCUT2D eigenvalue weighted by atomic mass is 9.93. The first-order valence-electron chi connectivity index (χ1n) is 15.8. The molecule has 218 valence electrons. The lowest BCUT2D eigenvalue weighted by Crippen LogP contribution is -2.00. The van der Waals surface area contributed by atoms with Crippen LogP contribution in [0.25, 0.3) is 97.4 Å². The van der Waals surface area contributed by atoms with E-state index in [1.807, 2.05) is 18.2 Å². The molecule has 0 saturated carbocycles. The average Bonchev–Trinajstić information content (AvgIpc) is 3.53. The van der Waals surface area contributed by atoms with Crippen LogP contribution in [-0.2, 0) is 0 Å². The predicted molar refractivity (Wildman–Crippen MR) is 199 cm³/mol. The number of hydrogen-bond donors (Lipinski definition) is 0. The molecule has 0 aliphatic heterocycles. The second kappa shape index (κ2) is 10.3. The summed E-state index contributed by atoms with van der Waals surface area (Å²) in [5.74, 6) is 2.01. The molecule has 8 aromatic carbocycles. The molecule has 0 saturated heterocycles. The molecule has 2 aromatic heterocycles. The number of thiophene rings is 1. The fraction of sp³-hybridized carbons (Fsp3) is 0. The Morgan fingerprint density at radius 3 is 1.74 bits per heavy atom. The summed E-state index contributed by atoms with van der Waals surface area (Å²) in [6.45, 7) is 0. The zero-order chi connectivity index (χ0) is 30.9. The van der Waals surface area contributed by atoms with Gasteiger partial charge in [0, 0.05) is 36.9 Å². The van der Waals surface area contributed by atoms with Gasteiger partial charge in [0.25, 0.3) is 0 Å². The monoisotopic (exact) mass is 615 g/mol. The summed E-state index contributed by atoms with van der Waals surface area (Å²) in [6, 6.07) is 53.9. The molecule has 0 spiro atoms. The van der Waals surface area contributed by atoms with Crippen LogP contribution in [0.2, 0.25) is 0 Å². The average molecular weight is 616 g/mol. The van der Waals surface area contributed by atoms with Gasteiger partial charge in [-0.25, -0.2) is 15.0 Å². The number of benzene rings is 8. The number of fused-ring (bicyclic) bond motifs is 10. The van der Waals surface area contributed by atoms with Crippen LogP contribution in [0.15, 0.2) is 152 Å². The molecular formula is C43H25N3S. The molecule has 0 unspecified atom stereocenters. The second-order valence-corrected chi connectivity index (χ2v) is 13.0. The smallest absolute Gasteiger partial charge is 0.165 e. The Morgan fingerprint density at radius 2 is 0.915 bits per heavy atom. The molecule has 4 heteroatoms. The van der Waals surface area contributed by atoms with E-state index >= 15 is 0 Å². The summed E-state index contributed by atoms with van der Waals surface area (Å²) >= 11 is 1.79. The highest BCUT2D eigenvalue weighted by molar-refractivity contribution is 7.26. The highest BCUT2D eigenvalue weighted by atomic mass is 32.1. The van der Waals surface area contributed by atoms with E-state index in [0.29, 0.717) is 17.5 Å². The van der Waals surface area contributed by atoms with Gasteiger partial charge >= 0.3 is 0 Å². The summed E-state index contributed by atoms with van der Waals surface area (Å²) in [5, 5.41) is 12.4. The van der Waals surface area contributed by atoms with Crippen molar-refractivity contribution in [3.05, 3.63) is 152 Å². The van der Waals surface area contributed by atoms with Gasteiger partial charge in [-0.3, -0.25) is 0 Å². The third-order valence-corrected chi connectivity index (χ3v) is 10.5. The third kappa shape index (κ3) is 4.16.